The summed E-state index contributed by atoms with van der Waals surface area (Å²) in [7, 11) is 0. The van der Waals surface area contributed by atoms with Gasteiger partial charge in [-0.3, -0.25) is 4.79 Å². The Kier molecular flexibility index (Phi) is 2.49. The predicted molar refractivity (Wildman–Crippen MR) is 64.5 cm³/mol. The average Bonchev–Trinajstić information content (AvgIpc) is 2.99. The lowest BCUT2D eigenvalue weighted by Gasteiger charge is -2.46. The van der Waals surface area contributed by atoms with E-state index in [2.05, 4.69) is 5.32 Å². The summed E-state index contributed by atoms with van der Waals surface area (Å²) < 4.78 is 0. The van der Waals surface area contributed by atoms with Gasteiger partial charge in [0.1, 0.15) is 0 Å². The van der Waals surface area contributed by atoms with Gasteiger partial charge in [0.25, 0.3) is 0 Å². The van der Waals surface area contributed by atoms with Crippen LogP contribution in [0.3, 0.4) is 0 Å². The van der Waals surface area contributed by atoms with Gasteiger partial charge in [0.15, 0.2) is 0 Å². The van der Waals surface area contributed by atoms with Crippen LogP contribution in [0.5, 0.6) is 0 Å². The Morgan fingerprint density at radius 2 is 2.06 bits per heavy atom. The van der Waals surface area contributed by atoms with Crippen LogP contribution in [0.1, 0.15) is 32.6 Å². The van der Waals surface area contributed by atoms with Gasteiger partial charge >= 0.3 is 0 Å². The fourth-order valence-electron chi connectivity index (χ4n) is 3.44. The second-order valence-electron chi connectivity index (χ2n) is 6.14. The highest BCUT2D eigenvalue weighted by Crippen LogP contribution is 2.59. The van der Waals surface area contributed by atoms with Crippen LogP contribution in [-0.4, -0.2) is 47.7 Å². The SMILES string of the molecule is CCC1(O)CN(C(=O)C2CC23CCNCC3)C1. The number of likely N-dealkylation sites (tertiary alicyclic amines) is 1. The van der Waals surface area contributed by atoms with E-state index in [0.717, 1.165) is 38.8 Å². The third-order valence-corrected chi connectivity index (χ3v) is 5.03. The van der Waals surface area contributed by atoms with Crippen molar-refractivity contribution in [2.75, 3.05) is 26.2 Å². The minimum Gasteiger partial charge on any atom is -0.386 e. The first-order valence-corrected chi connectivity index (χ1v) is 6.80. The molecule has 2 heterocycles. The molecule has 3 aliphatic rings. The van der Waals surface area contributed by atoms with Crippen LogP contribution in [-0.2, 0) is 4.79 Å². The smallest absolute Gasteiger partial charge is 0.226 e. The molecule has 1 unspecified atom stereocenters. The number of β-amino-alcohol motifs (C(OH)–C–C–N with tert-alkyl or cyclic N) is 1. The van der Waals surface area contributed by atoms with Crippen molar-refractivity contribution in [3.63, 3.8) is 0 Å². The zero-order chi connectivity index (χ0) is 12.1. The van der Waals surface area contributed by atoms with Crippen LogP contribution in [0.4, 0.5) is 0 Å². The van der Waals surface area contributed by atoms with Gasteiger partial charge < -0.3 is 15.3 Å². The summed E-state index contributed by atoms with van der Waals surface area (Å²) in [6.45, 7) is 5.19. The second-order valence-corrected chi connectivity index (χ2v) is 6.14. The van der Waals surface area contributed by atoms with E-state index in [0.29, 0.717) is 24.4 Å². The Bertz CT molecular complexity index is 330. The van der Waals surface area contributed by atoms with Crippen molar-refractivity contribution in [1.82, 2.24) is 10.2 Å². The van der Waals surface area contributed by atoms with Gasteiger partial charge in [0.05, 0.1) is 18.7 Å². The molecule has 96 valence electrons. The Morgan fingerprint density at radius 1 is 1.41 bits per heavy atom. The van der Waals surface area contributed by atoms with Gasteiger partial charge in [-0.2, -0.15) is 0 Å². The lowest BCUT2D eigenvalue weighted by atomic mass is 9.88. The summed E-state index contributed by atoms with van der Waals surface area (Å²) >= 11 is 0. The number of nitrogens with zero attached hydrogens (tertiary/aromatic N) is 1. The standard InChI is InChI=1S/C13H22N2O2/c1-2-13(17)8-15(9-13)11(16)10-7-12(10)3-5-14-6-4-12/h10,14,17H,2-9H2,1H3. The summed E-state index contributed by atoms with van der Waals surface area (Å²) in [6, 6.07) is 0. The zero-order valence-electron chi connectivity index (χ0n) is 10.5. The molecule has 1 saturated carbocycles. The molecule has 0 aromatic rings. The predicted octanol–water partition coefficient (Wildman–Crippen LogP) is 0.359. The number of hydrogen-bond acceptors (Lipinski definition) is 3. The van der Waals surface area contributed by atoms with Crippen molar-refractivity contribution in [3.05, 3.63) is 0 Å². The molecule has 3 rings (SSSR count). The molecule has 0 aromatic carbocycles. The summed E-state index contributed by atoms with van der Waals surface area (Å²) in [5.41, 5.74) is -0.270. The molecule has 4 nitrogen and oxygen atoms in total. The van der Waals surface area contributed by atoms with Gasteiger partial charge in [-0.25, -0.2) is 0 Å². The number of hydrogen-bond donors (Lipinski definition) is 2. The van der Waals surface area contributed by atoms with E-state index >= 15 is 0 Å². The van der Waals surface area contributed by atoms with Crippen molar-refractivity contribution >= 4 is 5.91 Å². The van der Waals surface area contributed by atoms with Gasteiger partial charge in [-0.1, -0.05) is 6.92 Å². The number of rotatable bonds is 2. The molecular weight excluding hydrogens is 216 g/mol. The van der Waals surface area contributed by atoms with Crippen molar-refractivity contribution in [2.24, 2.45) is 11.3 Å². The molecule has 1 atom stereocenters. The van der Waals surface area contributed by atoms with E-state index in [-0.39, 0.29) is 5.92 Å². The maximum Gasteiger partial charge on any atom is 0.226 e. The first-order valence-electron chi connectivity index (χ1n) is 6.80. The number of carbonyl (C=O) groups excluding carboxylic acids is 1. The van der Waals surface area contributed by atoms with Crippen LogP contribution < -0.4 is 5.32 Å². The normalized spacial score (nSPS) is 33.3. The van der Waals surface area contributed by atoms with Crippen LogP contribution in [0, 0.1) is 11.3 Å². The van der Waals surface area contributed by atoms with Gasteiger partial charge in [-0.05, 0) is 44.2 Å². The number of piperidine rings is 1. The highest BCUT2D eigenvalue weighted by molar-refractivity contribution is 5.83. The molecule has 0 radical (unpaired) electrons. The Labute approximate surface area is 102 Å². The monoisotopic (exact) mass is 238 g/mol. The molecule has 1 amide bonds. The van der Waals surface area contributed by atoms with E-state index in [1.54, 1.807) is 0 Å². The van der Waals surface area contributed by atoms with Crippen molar-refractivity contribution in [2.45, 2.75) is 38.2 Å². The van der Waals surface area contributed by atoms with Crippen LogP contribution in [0.15, 0.2) is 0 Å². The highest BCUT2D eigenvalue weighted by Gasteiger charge is 2.60. The van der Waals surface area contributed by atoms with Gasteiger partial charge in [0.2, 0.25) is 5.91 Å². The van der Waals surface area contributed by atoms with Crippen LogP contribution in [0.2, 0.25) is 0 Å². The van der Waals surface area contributed by atoms with E-state index in [1.165, 1.54) is 0 Å². The van der Waals surface area contributed by atoms with Crippen LogP contribution in [0.25, 0.3) is 0 Å². The van der Waals surface area contributed by atoms with E-state index < -0.39 is 5.60 Å². The number of aliphatic hydroxyl groups is 1. The molecule has 3 fully saturated rings. The molecule has 0 bridgehead atoms. The lowest BCUT2D eigenvalue weighted by molar-refractivity contribution is -0.158. The first kappa shape index (κ1) is 11.5. The molecule has 17 heavy (non-hydrogen) atoms. The maximum atomic E-state index is 12.3. The minimum atomic E-state index is -0.591. The minimum absolute atomic E-state index is 0.256. The number of nitrogens with one attached hydrogen (secondary N) is 1. The Balaban J connectivity index is 1.56. The summed E-state index contributed by atoms with van der Waals surface area (Å²) in [6.07, 6.45) is 4.12. The van der Waals surface area contributed by atoms with Crippen LogP contribution >= 0.6 is 0 Å². The van der Waals surface area contributed by atoms with E-state index in [1.807, 2.05) is 11.8 Å². The third-order valence-electron chi connectivity index (χ3n) is 5.03. The lowest BCUT2D eigenvalue weighted by Crippen LogP contribution is -2.63. The van der Waals surface area contributed by atoms with Crippen molar-refractivity contribution < 1.29 is 9.90 Å². The molecule has 2 N–H and O–H groups in total. The Hall–Kier alpha value is -0.610. The van der Waals surface area contributed by atoms with Crippen molar-refractivity contribution in [3.8, 4) is 0 Å². The molecular formula is C13H22N2O2. The van der Waals surface area contributed by atoms with Gasteiger partial charge in [0, 0.05) is 5.92 Å². The fourth-order valence-corrected chi connectivity index (χ4v) is 3.44. The summed E-state index contributed by atoms with van der Waals surface area (Å²) in [4.78, 5) is 14.1. The maximum absolute atomic E-state index is 12.3. The van der Waals surface area contributed by atoms with E-state index in [4.69, 9.17) is 0 Å². The Morgan fingerprint density at radius 3 is 2.65 bits per heavy atom. The van der Waals surface area contributed by atoms with Gasteiger partial charge in [-0.15, -0.1) is 0 Å². The summed E-state index contributed by atoms with van der Waals surface area (Å²) in [5.74, 6) is 0.552. The molecule has 1 aliphatic carbocycles. The fraction of sp³-hybridized carbons (Fsp3) is 0.923. The summed E-state index contributed by atoms with van der Waals surface area (Å²) in [5, 5.41) is 13.3. The average molecular weight is 238 g/mol. The first-order chi connectivity index (χ1) is 8.09. The quantitative estimate of drug-likeness (QED) is 0.730. The number of carbonyl (C=O) groups is 1. The van der Waals surface area contributed by atoms with E-state index in [9.17, 15) is 9.90 Å². The molecule has 2 saturated heterocycles. The molecule has 4 heteroatoms. The molecule has 2 aliphatic heterocycles. The zero-order valence-corrected chi connectivity index (χ0v) is 10.5. The number of amides is 1. The van der Waals surface area contributed by atoms with Crippen molar-refractivity contribution in [1.29, 1.82) is 0 Å². The second kappa shape index (κ2) is 3.69. The third kappa shape index (κ3) is 1.78. The highest BCUT2D eigenvalue weighted by atomic mass is 16.3. The molecule has 0 aromatic heterocycles. The largest absolute Gasteiger partial charge is 0.386 e. The topological polar surface area (TPSA) is 52.6 Å². The molecule has 1 spiro atoms.